The van der Waals surface area contributed by atoms with E-state index in [1.165, 1.54) is 52.9 Å². The van der Waals surface area contributed by atoms with Gasteiger partial charge in [-0.1, -0.05) is 99.2 Å². The van der Waals surface area contributed by atoms with Gasteiger partial charge in [0.15, 0.2) is 31.0 Å². The summed E-state index contributed by atoms with van der Waals surface area (Å²) in [4.78, 5) is 0. The molecule has 0 saturated heterocycles. The molecule has 0 fully saturated rings. The van der Waals surface area contributed by atoms with E-state index in [9.17, 15) is 0 Å². The van der Waals surface area contributed by atoms with Gasteiger partial charge in [0.1, 0.15) is 35.2 Å². The van der Waals surface area contributed by atoms with Gasteiger partial charge in [0, 0.05) is 139 Å². The molecule has 5 aromatic heterocycles. The quantitative estimate of drug-likeness (QED) is 0.122. The SMILES string of the molecule is [2H]C([2H])([2H])C([2H])(C)c1ccc(-c2cc(C)c(C([2H])(C)C([2H])([2H])[2H])cc2C)[n+](C)c1.[2H]C([2H])([2H])c1c[n+](C)c(-c2cc(C([2H])(C)C([2H])([2H])[2H])c(C([2H])([2H])[2H])cc2C)cc1C.[2H]C([2H])([2H])c1c[n+](C)c(-c2cc(C)c(C([2H])(C)C([2H])([2H])[2H])cc2C)cc1C.[2H]C([2H])([2H])c1cc(C)c(-c2cc(C([2H])(C)C([2H])([2H])[2H])cc[n+]2C)cc1C.[2H]C([2H])([2H])c1cc(C)c(-c2cc(C)c(C([2H])([2H])[2H])c[n+]2C)cc1C. The lowest BCUT2D eigenvalue weighted by molar-refractivity contribution is -0.661. The second kappa shape index (κ2) is 33.6. The maximum atomic E-state index is 8.49. The van der Waals surface area contributed by atoms with Gasteiger partial charge < -0.3 is 0 Å². The minimum absolute atomic E-state index is 0.0966. The van der Waals surface area contributed by atoms with Crippen LogP contribution in [-0.2, 0) is 35.2 Å². The highest BCUT2D eigenvalue weighted by Gasteiger charge is 2.22. The molecule has 518 valence electrons. The average molecular weight is 1350 g/mol. The van der Waals surface area contributed by atoms with Crippen LogP contribution < -0.4 is 22.8 Å². The molecule has 0 N–H and O–H groups in total. The highest BCUT2D eigenvalue weighted by molar-refractivity contribution is 5.68. The van der Waals surface area contributed by atoms with Crippen molar-refractivity contribution in [1.29, 1.82) is 0 Å². The summed E-state index contributed by atoms with van der Waals surface area (Å²) in [7, 11) is 8.89. The standard InChI is InChI=1S/C20H28N.2C19H26N.C18H24N.C17H22N/c1-13(2)17-8-9-20(21(7)12-17)19-11-15(5)18(14(3)4)10-16(19)6;1-12(2)17-8-15(5)18(9-14(17)4)19-10-13(3)16(6)11-20(19)7;1-12(2)17-10-18(15(5)8-14(17)4)19-9-13(3)16(6)11-20(19)7;1-12(2)16-7-8-19(6)18(11-16)17-10-14(4)13(3)9-15(17)5;1-11-7-14(4)16(8-12(11)2)17-9-13(3)15(5)10-18(17)6/h8-14H,1-7H3;2*8-12H,1-7H3;7-12H,1-6H3;7-10H,1-6H3/q5*+1/i1D3,3D3,13D,14D;1D3,6D3,12D;1D3,4D3,6D3,12D;1D3,3D3,12D;1D3,5D3. The van der Waals surface area contributed by atoms with Gasteiger partial charge in [-0.25, -0.2) is 22.8 Å². The largest absolute Gasteiger partial charge is 0.212 e. The average Bonchev–Trinajstić information content (AvgIpc) is 0.743. The zero-order valence-electron chi connectivity index (χ0n) is 99.4. The van der Waals surface area contributed by atoms with Crippen LogP contribution in [0.1, 0.15) is 278 Å². The minimum atomic E-state index is -2.75. The monoisotopic (exact) mass is 1350 g/mol. The van der Waals surface area contributed by atoms with Crippen molar-refractivity contribution in [3.63, 3.8) is 0 Å². The van der Waals surface area contributed by atoms with Gasteiger partial charge in [-0.3, -0.25) is 0 Å². The molecular formula is C93H126N5+5. The molecule has 0 spiro atoms. The topological polar surface area (TPSA) is 19.4 Å². The third-order valence-corrected chi connectivity index (χ3v) is 17.8. The van der Waals surface area contributed by atoms with Crippen molar-refractivity contribution in [2.45, 2.75) is 223 Å². The maximum absolute atomic E-state index is 8.49. The first kappa shape index (κ1) is 40.2. The summed E-state index contributed by atoms with van der Waals surface area (Å²) in [6, 6.07) is 29.3. The number of hydrogen-bond acceptors (Lipinski definition) is 0. The van der Waals surface area contributed by atoms with Gasteiger partial charge >= 0.3 is 0 Å². The fourth-order valence-corrected chi connectivity index (χ4v) is 11.7. The first-order valence-corrected chi connectivity index (χ1v) is 32.4. The summed E-state index contributed by atoms with van der Waals surface area (Å²) in [5.41, 5.74) is 19.4. The number of nitrogens with zero attached hydrogens (tertiary/aromatic N) is 5. The van der Waals surface area contributed by atoms with Crippen molar-refractivity contribution in [3.05, 3.63) is 262 Å². The predicted octanol–water partition coefficient (Wildman–Crippen LogP) is 22.1. The molecule has 98 heavy (non-hydrogen) atoms. The van der Waals surface area contributed by atoms with Crippen LogP contribution in [-0.4, -0.2) is 0 Å². The maximum Gasteiger partial charge on any atom is 0.212 e. The number of hydrogen-bond donors (Lipinski definition) is 0. The van der Waals surface area contributed by atoms with E-state index in [4.69, 9.17) is 52.1 Å². The lowest BCUT2D eigenvalue weighted by Crippen LogP contribution is -2.31. The molecule has 0 aliphatic carbocycles. The normalized spacial score (nSPS) is 21.3. The molecular weight excluding hydrogens is 1190 g/mol. The molecule has 10 rings (SSSR count). The van der Waals surface area contributed by atoms with Crippen molar-refractivity contribution in [3.8, 4) is 56.3 Å². The first-order valence-electron chi connectivity index (χ1n) is 51.4. The molecule has 5 heterocycles. The van der Waals surface area contributed by atoms with E-state index in [0.717, 1.165) is 72.8 Å². The summed E-state index contributed by atoms with van der Waals surface area (Å²) in [6.07, 6.45) is 8.13. The van der Waals surface area contributed by atoms with Gasteiger partial charge in [-0.05, 0) is 296 Å². The van der Waals surface area contributed by atoms with Crippen molar-refractivity contribution in [2.24, 2.45) is 35.2 Å². The highest BCUT2D eigenvalue weighted by atomic mass is 14.9. The molecule has 0 amide bonds. The number of benzene rings is 5. The number of aryl methyl sites for hydroxylation is 23. The van der Waals surface area contributed by atoms with Crippen LogP contribution in [0.3, 0.4) is 0 Å². The van der Waals surface area contributed by atoms with E-state index >= 15 is 0 Å². The third-order valence-electron chi connectivity index (χ3n) is 17.8. The van der Waals surface area contributed by atoms with Crippen LogP contribution in [0.4, 0.5) is 0 Å². The molecule has 0 saturated carbocycles. The zero-order chi connectivity index (χ0) is 105. The molecule has 5 aromatic carbocycles. The summed E-state index contributed by atoms with van der Waals surface area (Å²) < 4.78 is 304. The van der Waals surface area contributed by atoms with Crippen molar-refractivity contribution < 1.29 is 74.9 Å². The molecule has 5 atom stereocenters. The van der Waals surface area contributed by atoms with Gasteiger partial charge in [0.25, 0.3) is 0 Å². The smallest absolute Gasteiger partial charge is 0.201 e. The summed E-state index contributed by atoms with van der Waals surface area (Å²) >= 11 is 0. The van der Waals surface area contributed by atoms with Crippen LogP contribution in [0.5, 0.6) is 0 Å². The van der Waals surface area contributed by atoms with Crippen LogP contribution >= 0.6 is 0 Å². The van der Waals surface area contributed by atoms with Crippen molar-refractivity contribution in [1.82, 2.24) is 0 Å². The molecule has 0 aliphatic rings. The Kier molecular flexibility index (Phi) is 13.8. The Morgan fingerprint density at radius 2 is 0.551 bits per heavy atom. The van der Waals surface area contributed by atoms with Crippen LogP contribution in [0.2, 0.25) is 0 Å². The lowest BCUT2D eigenvalue weighted by atomic mass is 9.91. The second-order valence-electron chi connectivity index (χ2n) is 26.2. The Labute approximate surface area is 649 Å². The first-order chi connectivity index (χ1) is 60.7. The second-order valence-corrected chi connectivity index (χ2v) is 26.2. The molecule has 0 bridgehead atoms. The van der Waals surface area contributed by atoms with Gasteiger partial charge in [-0.15, -0.1) is 0 Å². The summed E-state index contributed by atoms with van der Waals surface area (Å²) in [5.74, 6) is -9.05. The molecule has 5 heteroatoms. The lowest BCUT2D eigenvalue weighted by Gasteiger charge is -2.14. The molecule has 5 nitrogen and oxygen atoms in total. The van der Waals surface area contributed by atoms with Crippen molar-refractivity contribution >= 4 is 0 Å². The Morgan fingerprint density at radius 3 is 0.929 bits per heavy atom. The van der Waals surface area contributed by atoms with E-state index < -0.39 is 105 Å². The van der Waals surface area contributed by atoms with Crippen molar-refractivity contribution in [2.75, 3.05) is 0 Å². The van der Waals surface area contributed by atoms with E-state index in [-0.39, 0.29) is 16.7 Å². The van der Waals surface area contributed by atoms with Gasteiger partial charge in [0.2, 0.25) is 28.5 Å². The Hall–Kier alpha value is -8.15. The van der Waals surface area contributed by atoms with E-state index in [0.29, 0.717) is 94.7 Å². The molecule has 5 unspecified atom stereocenters. The van der Waals surface area contributed by atoms with Crippen LogP contribution in [0, 0.1) is 124 Å². The summed E-state index contributed by atoms with van der Waals surface area (Å²) in [6.45, 7) is 2.20. The molecule has 0 aliphatic heterocycles. The third kappa shape index (κ3) is 19.2. The van der Waals surface area contributed by atoms with Gasteiger partial charge in [-0.2, -0.15) is 0 Å². The van der Waals surface area contributed by atoms with Gasteiger partial charge in [0.05, 0.1) is 0 Å². The fraction of sp³-hybridized carbons (Fsp3) is 0.409. The predicted molar refractivity (Wildman–Crippen MR) is 421 cm³/mol. The fourth-order valence-electron chi connectivity index (χ4n) is 11.7. The molecule has 10 aromatic rings. The number of aromatic nitrogens is 5. The van der Waals surface area contributed by atoms with Crippen LogP contribution in [0.15, 0.2) is 134 Å². The molecule has 0 radical (unpaired) electrons. The Bertz CT molecular complexity index is 6020. The summed E-state index contributed by atoms with van der Waals surface area (Å²) in [5, 5.41) is 0. The van der Waals surface area contributed by atoms with E-state index in [1.54, 1.807) is 181 Å². The zero-order valence-corrected chi connectivity index (χ0v) is 61.4. The van der Waals surface area contributed by atoms with Crippen LogP contribution in [0.25, 0.3) is 56.3 Å². The van der Waals surface area contributed by atoms with E-state index in [1.807, 2.05) is 75.7 Å². The minimum Gasteiger partial charge on any atom is -0.201 e. The Balaban J connectivity index is 0.000000262. The highest BCUT2D eigenvalue weighted by Crippen LogP contribution is 2.34. The van der Waals surface area contributed by atoms with E-state index in [2.05, 4.69) is 0 Å². The Morgan fingerprint density at radius 1 is 0.245 bits per heavy atom. The number of pyridine rings is 5. The number of rotatable bonds is 10.